The lowest BCUT2D eigenvalue weighted by molar-refractivity contribution is -0.117. The number of aryl methyl sites for hydroxylation is 1. The van der Waals surface area contributed by atoms with Crippen LogP contribution in [0.4, 0.5) is 0 Å². The van der Waals surface area contributed by atoms with Gasteiger partial charge in [-0.05, 0) is 24.6 Å². The molecule has 2 aromatic rings. The van der Waals surface area contributed by atoms with E-state index in [0.29, 0.717) is 6.42 Å². The molecule has 0 fully saturated rings. The van der Waals surface area contributed by atoms with Crippen LogP contribution >= 0.6 is 12.4 Å². The van der Waals surface area contributed by atoms with Crippen LogP contribution in [0.5, 0.6) is 0 Å². The van der Waals surface area contributed by atoms with E-state index in [-0.39, 0.29) is 18.3 Å². The summed E-state index contributed by atoms with van der Waals surface area (Å²) in [6, 6.07) is 6.10. The summed E-state index contributed by atoms with van der Waals surface area (Å²) >= 11 is 0. The lowest BCUT2D eigenvalue weighted by Gasteiger charge is -1.96. The third-order valence-corrected chi connectivity index (χ3v) is 2.29. The van der Waals surface area contributed by atoms with Gasteiger partial charge in [0.05, 0.1) is 6.42 Å². The molecule has 15 heavy (non-hydrogen) atoms. The Labute approximate surface area is 94.1 Å². The first kappa shape index (κ1) is 11.6. The Morgan fingerprint density at radius 1 is 1.47 bits per heavy atom. The number of rotatable bonds is 2. The molecule has 0 aliphatic rings. The fourth-order valence-electron chi connectivity index (χ4n) is 1.63. The highest BCUT2D eigenvalue weighted by molar-refractivity contribution is 5.88. The SMILES string of the molecule is Cc1ccc2[nH]cc(CC(N)=O)c2c1.Cl. The van der Waals surface area contributed by atoms with Crippen molar-refractivity contribution in [3.8, 4) is 0 Å². The predicted octanol–water partition coefficient (Wildman–Crippen LogP) is 1.93. The summed E-state index contributed by atoms with van der Waals surface area (Å²) in [7, 11) is 0. The summed E-state index contributed by atoms with van der Waals surface area (Å²) < 4.78 is 0. The van der Waals surface area contributed by atoms with E-state index in [4.69, 9.17) is 5.73 Å². The number of carbonyl (C=O) groups excluding carboxylic acids is 1. The van der Waals surface area contributed by atoms with Gasteiger partial charge in [-0.15, -0.1) is 12.4 Å². The number of aromatic nitrogens is 1. The molecule has 2 rings (SSSR count). The second-order valence-electron chi connectivity index (χ2n) is 3.51. The molecule has 0 bridgehead atoms. The predicted molar refractivity (Wildman–Crippen MR) is 63.2 cm³/mol. The van der Waals surface area contributed by atoms with Gasteiger partial charge in [0.1, 0.15) is 0 Å². The summed E-state index contributed by atoms with van der Waals surface area (Å²) in [5, 5.41) is 1.09. The van der Waals surface area contributed by atoms with Crippen molar-refractivity contribution in [2.45, 2.75) is 13.3 Å². The highest BCUT2D eigenvalue weighted by Gasteiger charge is 2.05. The van der Waals surface area contributed by atoms with Gasteiger partial charge in [-0.25, -0.2) is 0 Å². The van der Waals surface area contributed by atoms with Crippen molar-refractivity contribution >= 4 is 29.2 Å². The molecule has 0 saturated carbocycles. The number of nitrogens with two attached hydrogens (primary N) is 1. The maximum Gasteiger partial charge on any atom is 0.221 e. The van der Waals surface area contributed by atoms with Crippen molar-refractivity contribution in [2.24, 2.45) is 5.73 Å². The molecule has 0 aliphatic heterocycles. The lowest BCUT2D eigenvalue weighted by atomic mass is 10.1. The molecule has 80 valence electrons. The van der Waals surface area contributed by atoms with Crippen LogP contribution in [0.2, 0.25) is 0 Å². The first-order valence-corrected chi connectivity index (χ1v) is 4.52. The number of carbonyl (C=O) groups is 1. The fraction of sp³-hybridized carbons (Fsp3) is 0.182. The molecule has 1 amide bonds. The van der Waals surface area contributed by atoms with Crippen LogP contribution in [0.1, 0.15) is 11.1 Å². The van der Waals surface area contributed by atoms with E-state index in [0.717, 1.165) is 16.5 Å². The maximum atomic E-state index is 10.8. The largest absolute Gasteiger partial charge is 0.369 e. The Morgan fingerprint density at radius 2 is 2.20 bits per heavy atom. The molecule has 3 nitrogen and oxygen atoms in total. The topological polar surface area (TPSA) is 58.9 Å². The van der Waals surface area contributed by atoms with Gasteiger partial charge in [0.2, 0.25) is 5.91 Å². The zero-order valence-electron chi connectivity index (χ0n) is 8.41. The molecular formula is C11H13ClN2O. The zero-order chi connectivity index (χ0) is 10.1. The molecule has 1 aromatic heterocycles. The molecular weight excluding hydrogens is 212 g/mol. The Bertz CT molecular complexity index is 490. The highest BCUT2D eigenvalue weighted by Crippen LogP contribution is 2.19. The minimum Gasteiger partial charge on any atom is -0.369 e. The average Bonchev–Trinajstić information content (AvgIpc) is 2.47. The van der Waals surface area contributed by atoms with E-state index in [1.54, 1.807) is 0 Å². The first-order valence-electron chi connectivity index (χ1n) is 4.52. The first-order chi connectivity index (χ1) is 6.66. The van der Waals surface area contributed by atoms with Crippen molar-refractivity contribution in [3.05, 3.63) is 35.5 Å². The average molecular weight is 225 g/mol. The fourth-order valence-corrected chi connectivity index (χ4v) is 1.63. The standard InChI is InChI=1S/C11H12N2O.ClH/c1-7-2-3-10-9(4-7)8(6-13-10)5-11(12)14;/h2-4,6,13H,5H2,1H3,(H2,12,14);1H. The number of benzene rings is 1. The van der Waals surface area contributed by atoms with Crippen molar-refractivity contribution in [1.82, 2.24) is 4.98 Å². The lowest BCUT2D eigenvalue weighted by Crippen LogP contribution is -2.13. The van der Waals surface area contributed by atoms with Gasteiger partial charge in [-0.1, -0.05) is 11.6 Å². The van der Waals surface area contributed by atoms with Crippen LogP contribution in [-0.2, 0) is 11.2 Å². The molecule has 1 aromatic carbocycles. The summed E-state index contributed by atoms with van der Waals surface area (Å²) in [5.41, 5.74) is 8.36. The van der Waals surface area contributed by atoms with Crippen molar-refractivity contribution in [1.29, 1.82) is 0 Å². The number of hydrogen-bond acceptors (Lipinski definition) is 1. The third kappa shape index (κ3) is 2.30. The summed E-state index contributed by atoms with van der Waals surface area (Å²) in [5.74, 6) is -0.299. The summed E-state index contributed by atoms with van der Waals surface area (Å²) in [4.78, 5) is 13.9. The van der Waals surface area contributed by atoms with E-state index in [2.05, 4.69) is 11.1 Å². The zero-order valence-corrected chi connectivity index (χ0v) is 9.23. The van der Waals surface area contributed by atoms with Gasteiger partial charge in [0.25, 0.3) is 0 Å². The van der Waals surface area contributed by atoms with Crippen LogP contribution in [0.25, 0.3) is 10.9 Å². The molecule has 0 spiro atoms. The highest BCUT2D eigenvalue weighted by atomic mass is 35.5. The summed E-state index contributed by atoms with van der Waals surface area (Å²) in [6.07, 6.45) is 2.14. The summed E-state index contributed by atoms with van der Waals surface area (Å²) in [6.45, 7) is 2.03. The van der Waals surface area contributed by atoms with Crippen LogP contribution in [0.3, 0.4) is 0 Å². The molecule has 0 saturated heterocycles. The number of primary amides is 1. The molecule has 0 aliphatic carbocycles. The number of H-pyrrole nitrogens is 1. The van der Waals surface area contributed by atoms with Crippen molar-refractivity contribution in [2.75, 3.05) is 0 Å². The number of nitrogens with one attached hydrogen (secondary N) is 1. The van der Waals surface area contributed by atoms with Crippen molar-refractivity contribution in [3.63, 3.8) is 0 Å². The maximum absolute atomic E-state index is 10.8. The minimum absolute atomic E-state index is 0. The van der Waals surface area contributed by atoms with Gasteiger partial charge in [0.15, 0.2) is 0 Å². The van der Waals surface area contributed by atoms with Gasteiger partial charge in [0, 0.05) is 17.1 Å². The molecule has 0 radical (unpaired) electrons. The van der Waals surface area contributed by atoms with E-state index in [9.17, 15) is 4.79 Å². The molecule has 0 unspecified atom stereocenters. The second-order valence-corrected chi connectivity index (χ2v) is 3.51. The van der Waals surface area contributed by atoms with Gasteiger partial charge in [-0.2, -0.15) is 0 Å². The Kier molecular flexibility index (Phi) is 3.37. The minimum atomic E-state index is -0.299. The number of amides is 1. The van der Waals surface area contributed by atoms with E-state index in [1.165, 1.54) is 5.56 Å². The molecule has 3 N–H and O–H groups in total. The number of hydrogen-bond donors (Lipinski definition) is 2. The van der Waals surface area contributed by atoms with Crippen molar-refractivity contribution < 1.29 is 4.79 Å². The second kappa shape index (κ2) is 4.36. The van der Waals surface area contributed by atoms with Gasteiger partial charge in [-0.3, -0.25) is 4.79 Å². The Balaban J connectivity index is 0.00000112. The monoisotopic (exact) mass is 224 g/mol. The Morgan fingerprint density at radius 3 is 2.87 bits per heavy atom. The smallest absolute Gasteiger partial charge is 0.221 e. The van der Waals surface area contributed by atoms with E-state index < -0.39 is 0 Å². The number of aromatic amines is 1. The Hall–Kier alpha value is -1.48. The van der Waals surface area contributed by atoms with Gasteiger partial charge >= 0.3 is 0 Å². The third-order valence-electron chi connectivity index (χ3n) is 2.29. The molecule has 4 heteroatoms. The quantitative estimate of drug-likeness (QED) is 0.805. The van der Waals surface area contributed by atoms with Crippen LogP contribution < -0.4 is 5.73 Å². The number of fused-ring (bicyclic) bond motifs is 1. The van der Waals surface area contributed by atoms with Gasteiger partial charge < -0.3 is 10.7 Å². The van der Waals surface area contributed by atoms with E-state index >= 15 is 0 Å². The normalized spacial score (nSPS) is 9.93. The molecule has 1 heterocycles. The van der Waals surface area contributed by atoms with Crippen LogP contribution in [0.15, 0.2) is 24.4 Å². The molecule has 0 atom stereocenters. The van der Waals surface area contributed by atoms with Crippen LogP contribution in [0, 0.1) is 6.92 Å². The number of halogens is 1. The van der Waals surface area contributed by atoms with Crippen LogP contribution in [-0.4, -0.2) is 10.9 Å². The van der Waals surface area contributed by atoms with E-state index in [1.807, 2.05) is 25.3 Å².